The van der Waals surface area contributed by atoms with E-state index in [1.54, 1.807) is 27.0 Å². The molecule has 11 heteroatoms. The summed E-state index contributed by atoms with van der Waals surface area (Å²) in [6.45, 7) is 6.46. The van der Waals surface area contributed by atoms with Crippen LogP contribution in [0, 0.1) is 11.7 Å². The Hall–Kier alpha value is -3.70. The Balaban J connectivity index is 1.25. The molecule has 0 spiro atoms. The van der Waals surface area contributed by atoms with E-state index in [2.05, 4.69) is 42.4 Å². The minimum Gasteiger partial charge on any atom is -0.494 e. The van der Waals surface area contributed by atoms with Crippen LogP contribution in [0.3, 0.4) is 0 Å². The first-order valence-corrected chi connectivity index (χ1v) is 13.8. The number of halogens is 1. The number of ether oxygens (including phenoxy) is 1. The van der Waals surface area contributed by atoms with Crippen molar-refractivity contribution in [2.75, 3.05) is 55.1 Å². The fraction of sp³-hybridized carbons (Fsp3) is 0.483. The third kappa shape index (κ3) is 5.11. The second-order valence-electron chi connectivity index (χ2n) is 11.8. The number of aliphatic hydroxyl groups is 1. The molecule has 3 heterocycles. The molecule has 10 nitrogen and oxygen atoms in total. The number of rotatable bonds is 8. The number of fused-ring (bicyclic) bond motifs is 1. The Morgan fingerprint density at radius 1 is 1.05 bits per heavy atom. The Morgan fingerprint density at radius 3 is 2.45 bits per heavy atom. The predicted molar refractivity (Wildman–Crippen MR) is 154 cm³/mol. The number of anilines is 6. The number of nitrogen functional groups attached to an aromatic ring is 1. The van der Waals surface area contributed by atoms with Gasteiger partial charge in [-0.2, -0.15) is 4.98 Å². The number of nitrogens with two attached hydrogens (primary N) is 1. The third-order valence-corrected chi connectivity index (χ3v) is 8.27. The molecular weight excluding hydrogens is 511 g/mol. The second-order valence-corrected chi connectivity index (χ2v) is 11.8. The van der Waals surface area contributed by atoms with Gasteiger partial charge < -0.3 is 36.0 Å². The summed E-state index contributed by atoms with van der Waals surface area (Å²) in [5.41, 5.74) is 9.23. The number of likely N-dealkylation sites (N-methyl/N-ethyl adjacent to an activating group) is 1. The molecule has 1 aromatic heterocycles. The second kappa shape index (κ2) is 10.0. The first kappa shape index (κ1) is 26.5. The van der Waals surface area contributed by atoms with Gasteiger partial charge in [0, 0.05) is 43.0 Å². The van der Waals surface area contributed by atoms with Gasteiger partial charge in [0.2, 0.25) is 11.9 Å². The van der Waals surface area contributed by atoms with Gasteiger partial charge in [-0.15, -0.1) is 0 Å². The molecule has 1 saturated carbocycles. The maximum Gasteiger partial charge on any atom is 0.232 e. The molecule has 5 N–H and O–H groups in total. The minimum atomic E-state index is -1.19. The number of benzene rings is 2. The molecule has 3 aliphatic rings. The van der Waals surface area contributed by atoms with Crippen molar-refractivity contribution < 1.29 is 14.2 Å². The van der Waals surface area contributed by atoms with Gasteiger partial charge in [-0.3, -0.25) is 0 Å². The maximum atomic E-state index is 14.9. The third-order valence-electron chi connectivity index (χ3n) is 8.27. The normalized spacial score (nSPS) is 21.0. The largest absolute Gasteiger partial charge is 0.494 e. The van der Waals surface area contributed by atoms with Crippen molar-refractivity contribution in [1.29, 1.82) is 0 Å². The average Bonchev–Trinajstić information content (AvgIpc) is 3.56. The summed E-state index contributed by atoms with van der Waals surface area (Å²) in [5.74, 6) is 1.65. The lowest BCUT2D eigenvalue weighted by molar-refractivity contribution is 0.0792. The van der Waals surface area contributed by atoms with Crippen LogP contribution < -0.4 is 26.0 Å². The lowest BCUT2D eigenvalue weighted by Gasteiger charge is -2.28. The van der Waals surface area contributed by atoms with Crippen molar-refractivity contribution in [3.8, 4) is 5.75 Å². The highest BCUT2D eigenvalue weighted by Gasteiger charge is 2.41. The molecule has 212 valence electrons. The number of nitrogens with zero attached hydrogens (tertiary/aromatic N) is 5. The van der Waals surface area contributed by atoms with Gasteiger partial charge in [0.15, 0.2) is 0 Å². The molecule has 0 bridgehead atoms. The van der Waals surface area contributed by atoms with Crippen LogP contribution in [-0.4, -0.2) is 64.8 Å². The standard InChI is InChI=1S/C29H37FN8O2/c1-29(2,39)19-9-18(16-5-6-16)20(30)10-22(19)34-27-32-15-33-28(36-27)35-23-11-21(31)24(12-26(23)40-4)38-8-7-17-13-37(3)14-25(17)38/h9-12,15-17,25,39H,5-8,13-14,31H2,1-4H3,(H2,32,33,34,35,36)/t17?,25-/m0/s1. The Labute approximate surface area is 233 Å². The minimum absolute atomic E-state index is 0.207. The summed E-state index contributed by atoms with van der Waals surface area (Å²) in [6.07, 6.45) is 4.44. The monoisotopic (exact) mass is 548 g/mol. The number of methoxy groups -OCH3 is 1. The fourth-order valence-electron chi connectivity index (χ4n) is 6.14. The van der Waals surface area contributed by atoms with Gasteiger partial charge in [-0.05, 0) is 75.8 Å². The van der Waals surface area contributed by atoms with Crippen LogP contribution in [0.25, 0.3) is 0 Å². The van der Waals surface area contributed by atoms with E-state index < -0.39 is 5.60 Å². The lowest BCUT2D eigenvalue weighted by atomic mass is 9.93. The Morgan fingerprint density at radius 2 is 1.77 bits per heavy atom. The topological polar surface area (TPSA) is 125 Å². The summed E-state index contributed by atoms with van der Waals surface area (Å²) in [7, 11) is 3.78. The van der Waals surface area contributed by atoms with Gasteiger partial charge in [-0.1, -0.05) is 0 Å². The van der Waals surface area contributed by atoms with Crippen molar-refractivity contribution in [2.45, 2.75) is 50.7 Å². The van der Waals surface area contributed by atoms with Crippen molar-refractivity contribution in [1.82, 2.24) is 19.9 Å². The quantitative estimate of drug-likeness (QED) is 0.302. The molecule has 2 aliphatic heterocycles. The van der Waals surface area contributed by atoms with Crippen LogP contribution in [0.5, 0.6) is 5.75 Å². The molecule has 3 fully saturated rings. The van der Waals surface area contributed by atoms with Crippen LogP contribution >= 0.6 is 0 Å². The van der Waals surface area contributed by atoms with E-state index in [9.17, 15) is 9.50 Å². The van der Waals surface area contributed by atoms with E-state index in [0.717, 1.165) is 44.6 Å². The molecule has 3 aromatic rings. The van der Waals surface area contributed by atoms with Gasteiger partial charge in [0.05, 0.1) is 29.8 Å². The van der Waals surface area contributed by atoms with E-state index in [1.807, 2.05) is 12.1 Å². The van der Waals surface area contributed by atoms with E-state index in [0.29, 0.717) is 45.9 Å². The van der Waals surface area contributed by atoms with E-state index in [1.165, 1.54) is 12.4 Å². The average molecular weight is 549 g/mol. The number of nitrogens with one attached hydrogen (secondary N) is 2. The summed E-state index contributed by atoms with van der Waals surface area (Å²) in [6, 6.07) is 7.42. The van der Waals surface area contributed by atoms with Crippen molar-refractivity contribution >= 4 is 34.6 Å². The molecule has 0 radical (unpaired) electrons. The zero-order valence-electron chi connectivity index (χ0n) is 23.4. The summed E-state index contributed by atoms with van der Waals surface area (Å²) in [4.78, 5) is 17.7. The number of aromatic nitrogens is 3. The molecule has 2 atom stereocenters. The van der Waals surface area contributed by atoms with Crippen molar-refractivity contribution in [3.63, 3.8) is 0 Å². The van der Waals surface area contributed by atoms with E-state index in [-0.39, 0.29) is 23.6 Å². The first-order valence-electron chi connectivity index (χ1n) is 13.8. The highest BCUT2D eigenvalue weighted by atomic mass is 19.1. The smallest absolute Gasteiger partial charge is 0.232 e. The molecule has 40 heavy (non-hydrogen) atoms. The van der Waals surface area contributed by atoms with Crippen LogP contribution in [0.15, 0.2) is 30.6 Å². The summed E-state index contributed by atoms with van der Waals surface area (Å²) < 4.78 is 20.6. The highest BCUT2D eigenvalue weighted by Crippen LogP contribution is 2.45. The van der Waals surface area contributed by atoms with Gasteiger partial charge >= 0.3 is 0 Å². The maximum absolute atomic E-state index is 14.9. The van der Waals surface area contributed by atoms with Crippen molar-refractivity contribution in [3.05, 3.63) is 47.5 Å². The van der Waals surface area contributed by atoms with Crippen molar-refractivity contribution in [2.24, 2.45) is 5.92 Å². The zero-order chi connectivity index (χ0) is 28.2. The van der Waals surface area contributed by atoms with Crippen LogP contribution in [0.4, 0.5) is 39.0 Å². The van der Waals surface area contributed by atoms with Crippen LogP contribution in [0.1, 0.15) is 50.2 Å². The molecular formula is C29H37FN8O2. The number of hydrogen-bond donors (Lipinski definition) is 4. The zero-order valence-corrected chi connectivity index (χ0v) is 23.4. The SMILES string of the molecule is COc1cc(N2CCC3CN(C)C[C@@H]32)c(N)cc1Nc1ncnc(Nc2cc(F)c(C3CC3)cc2C(C)(C)O)n1. The molecule has 6 rings (SSSR count). The van der Waals surface area contributed by atoms with E-state index in [4.69, 9.17) is 10.5 Å². The molecule has 0 amide bonds. The number of hydrogen-bond acceptors (Lipinski definition) is 10. The lowest BCUT2D eigenvalue weighted by Crippen LogP contribution is -2.35. The molecule has 1 unspecified atom stereocenters. The molecule has 1 aliphatic carbocycles. The number of likely N-dealkylation sites (tertiary alicyclic amines) is 1. The molecule has 2 saturated heterocycles. The predicted octanol–water partition coefficient (Wildman–Crippen LogP) is 4.33. The van der Waals surface area contributed by atoms with Gasteiger partial charge in [0.25, 0.3) is 0 Å². The van der Waals surface area contributed by atoms with Crippen LogP contribution in [-0.2, 0) is 5.60 Å². The van der Waals surface area contributed by atoms with Crippen LogP contribution in [0.2, 0.25) is 0 Å². The van der Waals surface area contributed by atoms with Gasteiger partial charge in [-0.25, -0.2) is 14.4 Å². The fourth-order valence-corrected chi connectivity index (χ4v) is 6.14. The van der Waals surface area contributed by atoms with Gasteiger partial charge in [0.1, 0.15) is 17.9 Å². The summed E-state index contributed by atoms with van der Waals surface area (Å²) in [5, 5.41) is 17.1. The summed E-state index contributed by atoms with van der Waals surface area (Å²) >= 11 is 0. The Kier molecular flexibility index (Phi) is 6.66. The first-order chi connectivity index (χ1) is 19.1. The Bertz CT molecular complexity index is 1420. The highest BCUT2D eigenvalue weighted by molar-refractivity contribution is 5.80. The van der Waals surface area contributed by atoms with E-state index >= 15 is 0 Å². The molecule has 2 aromatic carbocycles.